The van der Waals surface area contributed by atoms with Gasteiger partial charge in [-0.05, 0) is 18.2 Å². The summed E-state index contributed by atoms with van der Waals surface area (Å²) in [6.45, 7) is 0. The van der Waals surface area contributed by atoms with E-state index in [2.05, 4.69) is 26.1 Å². The molecule has 0 spiro atoms. The second-order valence-electron chi connectivity index (χ2n) is 3.37. The van der Waals surface area contributed by atoms with E-state index in [1.807, 2.05) is 0 Å². The molecule has 0 unspecified atom stereocenters. The van der Waals surface area contributed by atoms with Crippen molar-refractivity contribution in [3.8, 4) is 11.6 Å². The molecule has 18 heavy (non-hydrogen) atoms. The number of ether oxygens (including phenoxy) is 1. The van der Waals surface area contributed by atoms with Crippen molar-refractivity contribution in [1.29, 1.82) is 5.41 Å². The van der Waals surface area contributed by atoms with Crippen molar-refractivity contribution < 1.29 is 9.13 Å². The Balaban J connectivity index is 2.37. The quantitative estimate of drug-likeness (QED) is 0.673. The molecule has 5 nitrogen and oxygen atoms in total. The average molecular weight is 311 g/mol. The smallest absolute Gasteiger partial charge is 0.249 e. The molecular formula is C11H8BrFN4O. The van der Waals surface area contributed by atoms with Crippen molar-refractivity contribution in [1.82, 2.24) is 10.2 Å². The van der Waals surface area contributed by atoms with Gasteiger partial charge in [0.05, 0.1) is 11.8 Å². The van der Waals surface area contributed by atoms with Crippen molar-refractivity contribution >= 4 is 21.8 Å². The van der Waals surface area contributed by atoms with Crippen molar-refractivity contribution in [2.24, 2.45) is 5.73 Å². The summed E-state index contributed by atoms with van der Waals surface area (Å²) in [5.74, 6) is -0.351. The predicted molar refractivity (Wildman–Crippen MR) is 67.2 cm³/mol. The number of amidine groups is 1. The van der Waals surface area contributed by atoms with Crippen LogP contribution in [0.3, 0.4) is 0 Å². The monoisotopic (exact) mass is 310 g/mol. The maximum atomic E-state index is 13.2. The van der Waals surface area contributed by atoms with Gasteiger partial charge >= 0.3 is 0 Å². The van der Waals surface area contributed by atoms with E-state index in [1.54, 1.807) is 6.07 Å². The third-order valence-corrected chi connectivity index (χ3v) is 2.49. The van der Waals surface area contributed by atoms with Crippen molar-refractivity contribution in [2.45, 2.75) is 0 Å². The van der Waals surface area contributed by atoms with E-state index >= 15 is 0 Å². The molecule has 0 aliphatic carbocycles. The van der Waals surface area contributed by atoms with Crippen LogP contribution in [0.4, 0.5) is 4.39 Å². The summed E-state index contributed by atoms with van der Waals surface area (Å²) in [4.78, 5) is 0. The first-order chi connectivity index (χ1) is 8.56. The Bertz CT molecular complexity index is 585. The highest BCUT2D eigenvalue weighted by Crippen LogP contribution is 2.26. The van der Waals surface area contributed by atoms with Gasteiger partial charge in [-0.15, -0.1) is 5.10 Å². The van der Waals surface area contributed by atoms with Crippen LogP contribution in [-0.4, -0.2) is 16.0 Å². The second-order valence-corrected chi connectivity index (χ2v) is 4.29. The first kappa shape index (κ1) is 12.4. The zero-order valence-electron chi connectivity index (χ0n) is 9.02. The lowest BCUT2D eigenvalue weighted by Crippen LogP contribution is -2.13. The molecule has 0 radical (unpaired) electrons. The van der Waals surface area contributed by atoms with Gasteiger partial charge in [0.2, 0.25) is 5.88 Å². The lowest BCUT2D eigenvalue weighted by Gasteiger charge is -2.08. The van der Waals surface area contributed by atoms with Gasteiger partial charge in [0.15, 0.2) is 0 Å². The minimum atomic E-state index is -0.451. The van der Waals surface area contributed by atoms with Crippen molar-refractivity contribution in [3.63, 3.8) is 0 Å². The van der Waals surface area contributed by atoms with E-state index < -0.39 is 5.82 Å². The van der Waals surface area contributed by atoms with Crippen LogP contribution < -0.4 is 10.5 Å². The number of hydrogen-bond donors (Lipinski definition) is 2. The van der Waals surface area contributed by atoms with Crippen molar-refractivity contribution in [2.75, 3.05) is 0 Å². The lowest BCUT2D eigenvalue weighted by molar-refractivity contribution is 0.449. The highest BCUT2D eigenvalue weighted by atomic mass is 79.9. The summed E-state index contributed by atoms with van der Waals surface area (Å²) in [7, 11) is 0. The molecule has 0 aliphatic heterocycles. The fraction of sp³-hybridized carbons (Fsp3) is 0. The van der Waals surface area contributed by atoms with E-state index in [-0.39, 0.29) is 17.5 Å². The SMILES string of the molecule is N=C(N)c1ccnnc1Oc1cc(F)cc(Br)c1. The fourth-order valence-corrected chi connectivity index (χ4v) is 1.74. The predicted octanol–water partition coefficient (Wildman–Crippen LogP) is 2.45. The number of nitrogens with two attached hydrogens (primary N) is 1. The molecule has 1 aromatic carbocycles. The fourth-order valence-electron chi connectivity index (χ4n) is 1.30. The molecule has 0 atom stereocenters. The number of hydrogen-bond acceptors (Lipinski definition) is 4. The van der Waals surface area contributed by atoms with Crippen LogP contribution in [0, 0.1) is 11.2 Å². The highest BCUT2D eigenvalue weighted by molar-refractivity contribution is 9.10. The average Bonchev–Trinajstić information content (AvgIpc) is 2.27. The van der Waals surface area contributed by atoms with Crippen LogP contribution in [0.1, 0.15) is 5.56 Å². The molecule has 0 saturated heterocycles. The number of halogens is 2. The Morgan fingerprint density at radius 1 is 1.39 bits per heavy atom. The molecule has 92 valence electrons. The number of nitrogens with one attached hydrogen (secondary N) is 1. The van der Waals surface area contributed by atoms with Gasteiger partial charge in [-0.2, -0.15) is 5.10 Å². The molecule has 0 amide bonds. The lowest BCUT2D eigenvalue weighted by atomic mass is 10.3. The van der Waals surface area contributed by atoms with Gasteiger partial charge in [0.25, 0.3) is 0 Å². The molecule has 7 heteroatoms. The first-order valence-corrected chi connectivity index (χ1v) is 5.65. The number of aromatic nitrogens is 2. The summed E-state index contributed by atoms with van der Waals surface area (Å²) >= 11 is 3.15. The molecule has 0 aliphatic rings. The van der Waals surface area contributed by atoms with Crippen molar-refractivity contribution in [3.05, 3.63) is 46.3 Å². The summed E-state index contributed by atoms with van der Waals surface area (Å²) in [6, 6.07) is 5.57. The minimum absolute atomic E-state index is 0.0579. The zero-order valence-corrected chi connectivity index (χ0v) is 10.6. The van der Waals surface area contributed by atoms with Gasteiger partial charge in [0.1, 0.15) is 17.4 Å². The van der Waals surface area contributed by atoms with Crippen LogP contribution in [-0.2, 0) is 0 Å². The maximum absolute atomic E-state index is 13.2. The highest BCUT2D eigenvalue weighted by Gasteiger charge is 2.10. The molecule has 1 aromatic heterocycles. The summed E-state index contributed by atoms with van der Waals surface area (Å²) < 4.78 is 19.1. The van der Waals surface area contributed by atoms with Gasteiger partial charge in [-0.1, -0.05) is 15.9 Å². The Morgan fingerprint density at radius 2 is 2.17 bits per heavy atom. The standard InChI is InChI=1S/C11H8BrFN4O/c12-6-3-7(13)5-8(4-6)18-11-9(10(14)15)1-2-16-17-11/h1-5H,(H3,14,15). The number of benzene rings is 1. The van der Waals surface area contributed by atoms with E-state index in [9.17, 15) is 4.39 Å². The summed E-state index contributed by atoms with van der Waals surface area (Å²) in [6.07, 6.45) is 1.39. The Hall–Kier alpha value is -2.02. The van der Waals surface area contributed by atoms with E-state index in [1.165, 1.54) is 24.4 Å². The van der Waals surface area contributed by atoms with Crippen LogP contribution in [0.25, 0.3) is 0 Å². The van der Waals surface area contributed by atoms with Crippen LogP contribution in [0.2, 0.25) is 0 Å². The van der Waals surface area contributed by atoms with E-state index in [0.717, 1.165) is 0 Å². The number of nitrogen functional groups attached to an aromatic ring is 1. The van der Waals surface area contributed by atoms with Crippen LogP contribution in [0.15, 0.2) is 34.9 Å². The van der Waals surface area contributed by atoms with E-state index in [4.69, 9.17) is 15.9 Å². The normalized spacial score (nSPS) is 10.1. The van der Waals surface area contributed by atoms with Crippen LogP contribution >= 0.6 is 15.9 Å². The zero-order chi connectivity index (χ0) is 13.1. The van der Waals surface area contributed by atoms with Gasteiger partial charge in [-0.25, -0.2) is 4.39 Å². The second kappa shape index (κ2) is 5.09. The van der Waals surface area contributed by atoms with Gasteiger partial charge < -0.3 is 10.5 Å². The van der Waals surface area contributed by atoms with E-state index in [0.29, 0.717) is 10.0 Å². The first-order valence-electron chi connectivity index (χ1n) is 4.86. The number of rotatable bonds is 3. The third-order valence-electron chi connectivity index (χ3n) is 2.03. The molecule has 1 heterocycles. The van der Waals surface area contributed by atoms with Gasteiger partial charge in [0, 0.05) is 10.5 Å². The maximum Gasteiger partial charge on any atom is 0.249 e. The minimum Gasteiger partial charge on any atom is -0.437 e. The Kier molecular flexibility index (Phi) is 3.52. The summed E-state index contributed by atoms with van der Waals surface area (Å²) in [5.41, 5.74) is 5.68. The summed E-state index contributed by atoms with van der Waals surface area (Å²) in [5, 5.41) is 14.7. The molecule has 2 aromatic rings. The third kappa shape index (κ3) is 2.80. The van der Waals surface area contributed by atoms with Crippen LogP contribution in [0.5, 0.6) is 11.6 Å². The molecule has 2 rings (SSSR count). The Labute approximate surface area is 110 Å². The largest absolute Gasteiger partial charge is 0.437 e. The molecule has 3 N–H and O–H groups in total. The number of nitrogens with zero attached hydrogens (tertiary/aromatic N) is 2. The Morgan fingerprint density at radius 3 is 2.83 bits per heavy atom. The molecule has 0 fully saturated rings. The molecule has 0 bridgehead atoms. The molecular weight excluding hydrogens is 303 g/mol. The topological polar surface area (TPSA) is 84.9 Å². The van der Waals surface area contributed by atoms with Gasteiger partial charge in [-0.3, -0.25) is 5.41 Å². The molecule has 0 saturated carbocycles.